The minimum absolute atomic E-state index is 0.0396. The Morgan fingerprint density at radius 2 is 1.52 bits per heavy atom. The molecule has 0 spiro atoms. The van der Waals surface area contributed by atoms with Crippen LogP contribution in [0.25, 0.3) is 10.9 Å². The van der Waals surface area contributed by atoms with E-state index in [-0.39, 0.29) is 56.0 Å². The normalized spacial score (nSPS) is 16.7. The van der Waals surface area contributed by atoms with E-state index in [0.29, 0.717) is 11.8 Å². The summed E-state index contributed by atoms with van der Waals surface area (Å²) in [4.78, 5) is 130. The third-order valence-corrected chi connectivity index (χ3v) is 14.6. The molecule has 0 bridgehead atoms. The largest absolute Gasteiger partial charge is 0.480 e. The van der Waals surface area contributed by atoms with Crippen LogP contribution in [0, 0.1) is 17.2 Å². The van der Waals surface area contributed by atoms with Gasteiger partial charge in [0.25, 0.3) is 0 Å². The van der Waals surface area contributed by atoms with Crippen LogP contribution in [0.4, 0.5) is 4.39 Å². The van der Waals surface area contributed by atoms with Gasteiger partial charge in [-0.15, -0.1) is 11.8 Å². The molecule has 2 aromatic rings. The smallest absolute Gasteiger partial charge is 0.326 e. The van der Waals surface area contributed by atoms with Crippen molar-refractivity contribution < 1.29 is 67.7 Å². The maximum Gasteiger partial charge on any atom is 0.326 e. The zero-order valence-corrected chi connectivity index (χ0v) is 45.5. The van der Waals surface area contributed by atoms with Crippen molar-refractivity contribution in [3.05, 3.63) is 47.4 Å². The zero-order chi connectivity index (χ0) is 56.9. The zero-order valence-electron chi connectivity index (χ0n) is 44.7. The fourth-order valence-corrected chi connectivity index (χ4v) is 9.91. The molecule has 1 unspecified atom stereocenters. The Balaban J connectivity index is 1.56. The van der Waals surface area contributed by atoms with E-state index in [1.54, 1.807) is 40.9 Å². The van der Waals surface area contributed by atoms with E-state index < -0.39 is 130 Å². The number of halogens is 1. The molecular weight excluding hydrogens is 998 g/mol. The van der Waals surface area contributed by atoms with Crippen LogP contribution in [0.15, 0.2) is 36.0 Å². The summed E-state index contributed by atoms with van der Waals surface area (Å²) in [6.45, 7) is 14.2. The van der Waals surface area contributed by atoms with Gasteiger partial charge >= 0.3 is 17.9 Å². The van der Waals surface area contributed by atoms with Crippen LogP contribution in [-0.4, -0.2) is 163 Å². The van der Waals surface area contributed by atoms with Gasteiger partial charge in [-0.05, 0) is 74.8 Å². The van der Waals surface area contributed by atoms with E-state index in [1.807, 2.05) is 45.5 Å². The van der Waals surface area contributed by atoms with E-state index >= 15 is 0 Å². The summed E-state index contributed by atoms with van der Waals surface area (Å²) >= 11 is 0.961. The summed E-state index contributed by atoms with van der Waals surface area (Å²) in [5.74, 6) is -8.81. The van der Waals surface area contributed by atoms with Crippen LogP contribution < -0.4 is 32.3 Å². The Kier molecular flexibility index (Phi) is 23.0. The van der Waals surface area contributed by atoms with Crippen LogP contribution >= 0.6 is 11.8 Å². The highest BCUT2D eigenvalue weighted by atomic mass is 32.2. The van der Waals surface area contributed by atoms with Crippen LogP contribution in [0.1, 0.15) is 106 Å². The lowest BCUT2D eigenvalue weighted by atomic mass is 9.76. The second kappa shape index (κ2) is 27.4. The lowest BCUT2D eigenvalue weighted by Gasteiger charge is -2.39. The first-order valence-electron chi connectivity index (χ1n) is 24.8. The van der Waals surface area contributed by atoms with Gasteiger partial charge in [-0.2, -0.15) is 0 Å². The van der Waals surface area contributed by atoms with Crippen molar-refractivity contribution in [2.75, 3.05) is 32.9 Å². The number of nitrogens with two attached hydrogens (primary N) is 1. The SMILES string of the molecule is CN[C@H](C(=O)N[C@H](C(=O)N(C)[C@H](/C=C(\C)C(=O)N[C@H](CCC(=O)N[C@@H](CCCCNC(=O)CCN1C(=O)CC(SC[C@H](N)C(=O)O)C1=O)C(=O)O)C(=O)O)C(C)C)C(C)(C)C)C(C)(C)c1cn(C)c2ccc(F)cc12. The summed E-state index contributed by atoms with van der Waals surface area (Å²) in [6.07, 6.45) is 2.69. The van der Waals surface area contributed by atoms with Crippen molar-refractivity contribution in [3.63, 3.8) is 0 Å². The highest BCUT2D eigenvalue weighted by molar-refractivity contribution is 8.00. The van der Waals surface area contributed by atoms with Gasteiger partial charge in [0.1, 0.15) is 30.0 Å². The molecule has 1 aliphatic heterocycles. The number of thioether (sulfide) groups is 1. The summed E-state index contributed by atoms with van der Waals surface area (Å²) in [7, 11) is 5.01. The number of aromatic nitrogens is 1. The average molecular weight is 1070 g/mol. The van der Waals surface area contributed by atoms with Crippen LogP contribution in [0.3, 0.4) is 0 Å². The van der Waals surface area contributed by atoms with Crippen molar-refractivity contribution >= 4 is 81.9 Å². The topological polar surface area (TPSA) is 329 Å². The molecule has 1 aromatic heterocycles. The molecule has 0 saturated carbocycles. The summed E-state index contributed by atoms with van der Waals surface area (Å²) in [6, 6.07) is -2.30. The molecule has 75 heavy (non-hydrogen) atoms. The molecule has 0 aliphatic carbocycles. The summed E-state index contributed by atoms with van der Waals surface area (Å²) in [5.41, 5.74) is 5.33. The molecule has 416 valence electrons. The van der Waals surface area contributed by atoms with Gasteiger partial charge in [0.15, 0.2) is 0 Å². The number of unbranched alkanes of at least 4 members (excludes halogenated alkanes) is 1. The van der Waals surface area contributed by atoms with Gasteiger partial charge in [-0.3, -0.25) is 43.3 Å². The average Bonchev–Trinajstić information content (AvgIpc) is 3.80. The number of amides is 7. The number of carbonyl (C=O) groups excluding carboxylic acids is 7. The van der Waals surface area contributed by atoms with Gasteiger partial charge in [-0.25, -0.2) is 14.0 Å². The van der Waals surface area contributed by atoms with E-state index in [1.165, 1.54) is 30.0 Å². The van der Waals surface area contributed by atoms with E-state index in [2.05, 4.69) is 26.6 Å². The Labute approximate surface area is 440 Å². The lowest BCUT2D eigenvalue weighted by molar-refractivity contribution is -0.143. The molecule has 1 fully saturated rings. The molecule has 24 heteroatoms. The number of benzene rings is 1. The van der Waals surface area contributed by atoms with Crippen LogP contribution in [0.2, 0.25) is 0 Å². The molecule has 1 saturated heterocycles. The van der Waals surface area contributed by atoms with Crippen molar-refractivity contribution in [3.8, 4) is 0 Å². The predicted molar refractivity (Wildman–Crippen MR) is 278 cm³/mol. The predicted octanol–water partition coefficient (Wildman–Crippen LogP) is 2.01. The second-order valence-corrected chi connectivity index (χ2v) is 22.1. The number of hydrogen-bond donors (Lipinski definition) is 9. The number of aliphatic carboxylic acids is 3. The molecule has 3 rings (SSSR count). The standard InChI is InChI=1S/C51H76FN9O13S/c1-27(2)36(60(11)46(68)42(50(4,5)6)58-44(66)41(54-9)51(7,8)31-25-59(10)35-17-15-29(52)23-30(31)35)22-28(3)43(65)57-34(49(73)74)16-18-39(63)56-33(48(71)72)14-12-13-20-55-38(62)19-21-61-40(64)24-37(45(61)67)75-26-32(53)47(69)70/h15,17,22-23,25,27,32-34,36-37,41-42,54H,12-14,16,18-21,24,26,53H2,1-11H3,(H,55,62)(H,56,63)(H,57,65)(H,58,66)(H,69,70)(H,71,72)(H,73,74)/b28-22+/t32-,33-,34+,36+,37?,41+,42+/m0/s1. The Morgan fingerprint density at radius 1 is 0.893 bits per heavy atom. The molecule has 22 nitrogen and oxygen atoms in total. The third-order valence-electron chi connectivity index (χ3n) is 13.3. The maximum absolute atomic E-state index is 14.5. The fourth-order valence-electron chi connectivity index (χ4n) is 8.80. The van der Waals surface area contributed by atoms with Crippen molar-refractivity contribution in [1.82, 2.24) is 41.0 Å². The van der Waals surface area contributed by atoms with E-state index in [4.69, 9.17) is 10.8 Å². The van der Waals surface area contributed by atoms with Crippen LogP contribution in [-0.2, 0) is 60.4 Å². The minimum atomic E-state index is -1.56. The molecule has 7 atom stereocenters. The number of imide groups is 1. The molecule has 2 heterocycles. The first-order valence-corrected chi connectivity index (χ1v) is 25.8. The number of nitrogens with one attached hydrogen (secondary N) is 5. The van der Waals surface area contributed by atoms with Gasteiger partial charge in [0.05, 0.1) is 17.3 Å². The number of rotatable bonds is 29. The van der Waals surface area contributed by atoms with E-state index in [0.717, 1.165) is 27.7 Å². The molecule has 1 aliphatic rings. The highest BCUT2D eigenvalue weighted by Gasteiger charge is 2.43. The number of carbonyl (C=O) groups is 10. The Hall–Kier alpha value is -6.40. The monoisotopic (exact) mass is 1070 g/mol. The van der Waals surface area contributed by atoms with Gasteiger partial charge in [0, 0.05) is 80.3 Å². The van der Waals surface area contributed by atoms with Crippen molar-refractivity contribution in [1.29, 1.82) is 0 Å². The first kappa shape index (κ1) is 62.9. The van der Waals surface area contributed by atoms with Gasteiger partial charge < -0.3 is 57.1 Å². The van der Waals surface area contributed by atoms with Gasteiger partial charge in [-0.1, -0.05) is 54.5 Å². The number of aryl methyl sites for hydroxylation is 1. The van der Waals surface area contributed by atoms with E-state index in [9.17, 15) is 62.5 Å². The minimum Gasteiger partial charge on any atom is -0.480 e. The molecular formula is C51H76FN9O13S. The Bertz CT molecular complexity index is 2490. The maximum atomic E-state index is 14.5. The second-order valence-electron chi connectivity index (χ2n) is 20.9. The first-order chi connectivity index (χ1) is 34.8. The quantitative estimate of drug-likeness (QED) is 0.0320. The number of carboxylic acid groups (broad SMARTS) is 3. The van der Waals surface area contributed by atoms with Crippen molar-refractivity contribution in [2.24, 2.45) is 24.1 Å². The fraction of sp³-hybridized carbons (Fsp3) is 0.608. The number of carboxylic acids is 3. The number of likely N-dealkylation sites (tertiary alicyclic amines) is 1. The lowest BCUT2D eigenvalue weighted by Crippen LogP contribution is -2.61. The molecule has 10 N–H and O–H groups in total. The van der Waals surface area contributed by atoms with Gasteiger partial charge in [0.2, 0.25) is 41.4 Å². The Morgan fingerprint density at radius 3 is 2.09 bits per heavy atom. The third kappa shape index (κ3) is 17.3. The summed E-state index contributed by atoms with van der Waals surface area (Å²) < 4.78 is 16.3. The number of fused-ring (bicyclic) bond motifs is 1. The highest BCUT2D eigenvalue weighted by Crippen LogP contribution is 2.35. The molecule has 1 aromatic carbocycles. The summed E-state index contributed by atoms with van der Waals surface area (Å²) in [5, 5.41) is 42.0. The van der Waals surface area contributed by atoms with Crippen molar-refractivity contribution in [2.45, 2.75) is 147 Å². The number of nitrogens with zero attached hydrogens (tertiary/aromatic N) is 3. The number of hydrogen-bond acceptors (Lipinski definition) is 13. The molecule has 7 amide bonds. The molecule has 0 radical (unpaired) electrons. The van der Waals surface area contributed by atoms with Crippen LogP contribution in [0.5, 0.6) is 0 Å². The number of likely N-dealkylation sites (N-methyl/N-ethyl adjacent to an activating group) is 2.